The molecule has 2 rings (SSSR count). The monoisotopic (exact) mass is 299 g/mol. The lowest BCUT2D eigenvalue weighted by Crippen LogP contribution is -2.26. The van der Waals surface area contributed by atoms with Crippen LogP contribution in [0.4, 0.5) is 0 Å². The number of H-pyrrole nitrogens is 1. The molecule has 0 saturated carbocycles. The van der Waals surface area contributed by atoms with E-state index in [1.165, 1.54) is 17.0 Å². The van der Waals surface area contributed by atoms with Gasteiger partial charge in [-0.15, -0.1) is 0 Å². The minimum atomic E-state index is -0.228. The minimum absolute atomic E-state index is 0.179. The summed E-state index contributed by atoms with van der Waals surface area (Å²) in [7, 11) is 1.65. The Bertz CT molecular complexity index is 593. The normalized spacial score (nSPS) is 10.5. The number of halogens is 2. The van der Waals surface area contributed by atoms with Gasteiger partial charge in [-0.1, -0.05) is 23.2 Å². The SMILES string of the molecule is Cc1nc(CN(C)C(=O)c2cc(Cl)nc(Cl)c2)n[nH]1. The summed E-state index contributed by atoms with van der Waals surface area (Å²) in [5.41, 5.74) is 0.375. The highest BCUT2D eigenvalue weighted by Crippen LogP contribution is 2.16. The number of hydrogen-bond donors (Lipinski definition) is 1. The summed E-state index contributed by atoms with van der Waals surface area (Å²) in [6.07, 6.45) is 0. The van der Waals surface area contributed by atoms with Crippen LogP contribution in [0.3, 0.4) is 0 Å². The molecule has 100 valence electrons. The standard InChI is InChI=1S/C11H11Cl2N5O/c1-6-14-10(17-16-6)5-18(2)11(19)7-3-8(12)15-9(13)4-7/h3-4H,5H2,1-2H3,(H,14,16,17). The lowest BCUT2D eigenvalue weighted by atomic mass is 10.2. The van der Waals surface area contributed by atoms with Crippen molar-refractivity contribution in [2.75, 3.05) is 7.05 Å². The Morgan fingerprint density at radius 2 is 1.95 bits per heavy atom. The molecule has 1 amide bonds. The third-order valence-corrected chi connectivity index (χ3v) is 2.77. The average Bonchev–Trinajstić information content (AvgIpc) is 2.72. The first-order valence-electron chi connectivity index (χ1n) is 5.42. The number of nitrogens with one attached hydrogen (secondary N) is 1. The molecule has 0 aromatic carbocycles. The predicted molar refractivity (Wildman–Crippen MR) is 71.2 cm³/mol. The van der Waals surface area contributed by atoms with Gasteiger partial charge in [0, 0.05) is 12.6 Å². The second-order valence-electron chi connectivity index (χ2n) is 4.00. The first-order valence-corrected chi connectivity index (χ1v) is 6.17. The second kappa shape index (κ2) is 5.54. The molecule has 2 heterocycles. The molecule has 0 fully saturated rings. The third kappa shape index (κ3) is 3.42. The average molecular weight is 300 g/mol. The number of aryl methyl sites for hydroxylation is 1. The van der Waals surface area contributed by atoms with Gasteiger partial charge >= 0.3 is 0 Å². The summed E-state index contributed by atoms with van der Waals surface area (Å²) in [6, 6.07) is 2.94. The number of aromatic amines is 1. The van der Waals surface area contributed by atoms with Crippen LogP contribution in [0.1, 0.15) is 22.0 Å². The molecule has 0 bridgehead atoms. The minimum Gasteiger partial charge on any atom is -0.334 e. The van der Waals surface area contributed by atoms with Crippen molar-refractivity contribution < 1.29 is 4.79 Å². The van der Waals surface area contributed by atoms with Gasteiger partial charge in [-0.25, -0.2) is 9.97 Å². The summed E-state index contributed by atoms with van der Waals surface area (Å²) in [6.45, 7) is 2.08. The van der Waals surface area contributed by atoms with Gasteiger partial charge in [0.15, 0.2) is 5.82 Å². The summed E-state index contributed by atoms with van der Waals surface area (Å²) in [4.78, 5) is 21.6. The summed E-state index contributed by atoms with van der Waals surface area (Å²) in [5.74, 6) is 1.01. The van der Waals surface area contributed by atoms with Gasteiger partial charge in [-0.2, -0.15) is 5.10 Å². The lowest BCUT2D eigenvalue weighted by Gasteiger charge is -2.15. The van der Waals surface area contributed by atoms with Crippen LogP contribution in [0, 0.1) is 6.92 Å². The molecule has 0 aliphatic heterocycles. The van der Waals surface area contributed by atoms with E-state index in [0.717, 1.165) is 0 Å². The number of nitrogens with zero attached hydrogens (tertiary/aromatic N) is 4. The zero-order chi connectivity index (χ0) is 14.0. The highest BCUT2D eigenvalue weighted by molar-refractivity contribution is 6.33. The number of rotatable bonds is 3. The van der Waals surface area contributed by atoms with E-state index >= 15 is 0 Å². The molecule has 0 spiro atoms. The molecular weight excluding hydrogens is 289 g/mol. The second-order valence-corrected chi connectivity index (χ2v) is 4.77. The zero-order valence-corrected chi connectivity index (χ0v) is 11.8. The van der Waals surface area contributed by atoms with Gasteiger partial charge in [0.1, 0.15) is 16.1 Å². The Morgan fingerprint density at radius 1 is 1.32 bits per heavy atom. The van der Waals surface area contributed by atoms with Gasteiger partial charge in [0.2, 0.25) is 0 Å². The topological polar surface area (TPSA) is 74.8 Å². The van der Waals surface area contributed by atoms with E-state index in [1.54, 1.807) is 14.0 Å². The van der Waals surface area contributed by atoms with Crippen LogP contribution in [0.5, 0.6) is 0 Å². The number of hydrogen-bond acceptors (Lipinski definition) is 4. The van der Waals surface area contributed by atoms with Crippen molar-refractivity contribution in [3.63, 3.8) is 0 Å². The number of carbonyl (C=O) groups is 1. The maximum atomic E-state index is 12.2. The van der Waals surface area contributed by atoms with E-state index in [-0.39, 0.29) is 16.2 Å². The van der Waals surface area contributed by atoms with Crippen LogP contribution in [-0.4, -0.2) is 38.0 Å². The molecule has 1 N–H and O–H groups in total. The van der Waals surface area contributed by atoms with Crippen LogP contribution in [-0.2, 0) is 6.54 Å². The Morgan fingerprint density at radius 3 is 2.47 bits per heavy atom. The van der Waals surface area contributed by atoms with Crippen molar-refractivity contribution >= 4 is 29.1 Å². The number of carbonyl (C=O) groups excluding carboxylic acids is 1. The summed E-state index contributed by atoms with van der Waals surface area (Å²) < 4.78 is 0. The van der Waals surface area contributed by atoms with E-state index in [1.807, 2.05) is 0 Å². The predicted octanol–water partition coefficient (Wildman–Crippen LogP) is 2.09. The Hall–Kier alpha value is -1.66. The summed E-state index contributed by atoms with van der Waals surface area (Å²) >= 11 is 11.5. The molecule has 6 nitrogen and oxygen atoms in total. The zero-order valence-electron chi connectivity index (χ0n) is 10.3. The molecule has 2 aromatic heterocycles. The first kappa shape index (κ1) is 13.8. The highest BCUT2D eigenvalue weighted by atomic mass is 35.5. The first-order chi connectivity index (χ1) is 8.95. The highest BCUT2D eigenvalue weighted by Gasteiger charge is 2.15. The van der Waals surface area contributed by atoms with E-state index in [2.05, 4.69) is 20.2 Å². The number of amides is 1. The Labute approximate surface area is 119 Å². The van der Waals surface area contributed by atoms with Crippen LogP contribution in [0.15, 0.2) is 12.1 Å². The molecule has 0 aliphatic rings. The maximum Gasteiger partial charge on any atom is 0.254 e. The van der Waals surface area contributed by atoms with E-state index in [4.69, 9.17) is 23.2 Å². The fourth-order valence-corrected chi connectivity index (χ4v) is 2.01. The quantitative estimate of drug-likeness (QED) is 0.881. The van der Waals surface area contributed by atoms with Gasteiger partial charge < -0.3 is 4.90 Å². The van der Waals surface area contributed by atoms with E-state index < -0.39 is 0 Å². The third-order valence-electron chi connectivity index (χ3n) is 2.38. The molecule has 0 radical (unpaired) electrons. The molecule has 0 aliphatic carbocycles. The van der Waals surface area contributed by atoms with E-state index in [9.17, 15) is 4.79 Å². The van der Waals surface area contributed by atoms with Crippen molar-refractivity contribution in [1.82, 2.24) is 25.1 Å². The van der Waals surface area contributed by atoms with E-state index in [0.29, 0.717) is 23.8 Å². The molecule has 0 unspecified atom stereocenters. The molecule has 0 atom stereocenters. The molecule has 8 heteroatoms. The number of pyridine rings is 1. The van der Waals surface area contributed by atoms with Gasteiger partial charge in [-0.05, 0) is 19.1 Å². The molecule has 2 aromatic rings. The van der Waals surface area contributed by atoms with Crippen molar-refractivity contribution in [3.05, 3.63) is 39.7 Å². The van der Waals surface area contributed by atoms with Crippen LogP contribution < -0.4 is 0 Å². The smallest absolute Gasteiger partial charge is 0.254 e. The largest absolute Gasteiger partial charge is 0.334 e. The van der Waals surface area contributed by atoms with Gasteiger partial charge in [0.05, 0.1) is 6.54 Å². The maximum absolute atomic E-state index is 12.2. The fourth-order valence-electron chi connectivity index (χ4n) is 1.55. The lowest BCUT2D eigenvalue weighted by molar-refractivity contribution is 0.0781. The molecule has 0 saturated heterocycles. The fraction of sp³-hybridized carbons (Fsp3) is 0.273. The number of aromatic nitrogens is 4. The van der Waals surface area contributed by atoms with Crippen molar-refractivity contribution in [2.45, 2.75) is 13.5 Å². The van der Waals surface area contributed by atoms with Crippen molar-refractivity contribution in [1.29, 1.82) is 0 Å². The van der Waals surface area contributed by atoms with Gasteiger partial charge in [-0.3, -0.25) is 9.89 Å². The van der Waals surface area contributed by atoms with Gasteiger partial charge in [0.25, 0.3) is 5.91 Å². The van der Waals surface area contributed by atoms with Crippen molar-refractivity contribution in [2.24, 2.45) is 0 Å². The molecule has 19 heavy (non-hydrogen) atoms. The van der Waals surface area contributed by atoms with Crippen LogP contribution in [0.25, 0.3) is 0 Å². The Balaban J connectivity index is 2.14. The summed E-state index contributed by atoms with van der Waals surface area (Å²) in [5, 5.41) is 7.05. The van der Waals surface area contributed by atoms with Crippen LogP contribution in [0.2, 0.25) is 10.3 Å². The Kier molecular flexibility index (Phi) is 4.01. The molecular formula is C11H11Cl2N5O. The van der Waals surface area contributed by atoms with Crippen LogP contribution >= 0.6 is 23.2 Å². The van der Waals surface area contributed by atoms with Crippen molar-refractivity contribution in [3.8, 4) is 0 Å².